The molecule has 2 N–H and O–H groups in total. The highest BCUT2D eigenvalue weighted by molar-refractivity contribution is 5.59. The van der Waals surface area contributed by atoms with Gasteiger partial charge in [-0.15, -0.1) is 0 Å². The highest BCUT2D eigenvalue weighted by atomic mass is 19.1. The van der Waals surface area contributed by atoms with Crippen LogP contribution in [0.15, 0.2) is 34.7 Å². The van der Waals surface area contributed by atoms with Crippen LogP contribution in [0.5, 0.6) is 0 Å². The van der Waals surface area contributed by atoms with Crippen molar-refractivity contribution in [1.29, 1.82) is 0 Å². The molecule has 1 heterocycles. The highest BCUT2D eigenvalue weighted by Crippen LogP contribution is 2.27. The van der Waals surface area contributed by atoms with Crippen molar-refractivity contribution >= 4 is 0 Å². The Morgan fingerprint density at radius 1 is 1.20 bits per heavy atom. The van der Waals surface area contributed by atoms with Gasteiger partial charge >= 0.3 is 0 Å². The van der Waals surface area contributed by atoms with Crippen LogP contribution in [-0.2, 0) is 6.54 Å². The molecule has 0 fully saturated rings. The maximum Gasteiger partial charge on any atom is 0.140 e. The van der Waals surface area contributed by atoms with Crippen molar-refractivity contribution in [2.24, 2.45) is 0 Å². The van der Waals surface area contributed by atoms with E-state index < -0.39 is 11.6 Å². The summed E-state index contributed by atoms with van der Waals surface area (Å²) in [5.74, 6) is -0.526. The Hall–Kier alpha value is -1.72. The number of nitrogens with one attached hydrogen (secondary N) is 1. The first kappa shape index (κ1) is 14.7. The Labute approximate surface area is 116 Å². The van der Waals surface area contributed by atoms with E-state index in [2.05, 4.69) is 5.32 Å². The summed E-state index contributed by atoms with van der Waals surface area (Å²) in [6.45, 7) is 2.80. The summed E-state index contributed by atoms with van der Waals surface area (Å²) in [5, 5.41) is 12.2. The van der Waals surface area contributed by atoms with Gasteiger partial charge in [0.1, 0.15) is 23.2 Å². The molecule has 2 aromatic rings. The normalized spacial score (nSPS) is 12.6. The first-order chi connectivity index (χ1) is 9.58. The maximum atomic E-state index is 13.6. The van der Waals surface area contributed by atoms with Gasteiger partial charge in [0, 0.05) is 0 Å². The second kappa shape index (κ2) is 6.63. The number of furan rings is 1. The molecule has 108 valence electrons. The van der Waals surface area contributed by atoms with Gasteiger partial charge in [0.25, 0.3) is 0 Å². The quantitative estimate of drug-likeness (QED) is 0.800. The fraction of sp³-hybridized carbons (Fsp3) is 0.333. The number of benzene rings is 1. The lowest BCUT2D eigenvalue weighted by Crippen LogP contribution is -2.18. The molecule has 3 nitrogen and oxygen atoms in total. The molecule has 0 saturated carbocycles. The van der Waals surface area contributed by atoms with Gasteiger partial charge in [-0.1, -0.05) is 6.07 Å². The van der Waals surface area contributed by atoms with Crippen LogP contribution in [0.2, 0.25) is 0 Å². The number of rotatable bonds is 6. The van der Waals surface area contributed by atoms with Gasteiger partial charge in [0.05, 0.1) is 18.2 Å². The van der Waals surface area contributed by atoms with Crippen LogP contribution in [0.3, 0.4) is 0 Å². The van der Waals surface area contributed by atoms with E-state index >= 15 is 0 Å². The largest absolute Gasteiger partial charge is 0.460 e. The van der Waals surface area contributed by atoms with E-state index in [1.165, 1.54) is 18.2 Å². The molecule has 2 rings (SSSR count). The summed E-state index contributed by atoms with van der Waals surface area (Å²) < 4.78 is 32.6. The zero-order chi connectivity index (χ0) is 14.5. The predicted octanol–water partition coefficient (Wildman–Crippen LogP) is 3.09. The average molecular weight is 281 g/mol. The van der Waals surface area contributed by atoms with Gasteiger partial charge in [0.15, 0.2) is 0 Å². The lowest BCUT2D eigenvalue weighted by molar-refractivity contribution is 0.183. The van der Waals surface area contributed by atoms with Crippen LogP contribution < -0.4 is 5.32 Å². The summed E-state index contributed by atoms with van der Waals surface area (Å²) in [4.78, 5) is 0. The fourth-order valence-corrected chi connectivity index (χ4v) is 1.86. The second-order valence-corrected chi connectivity index (χ2v) is 4.68. The smallest absolute Gasteiger partial charge is 0.140 e. The Balaban J connectivity index is 2.02. The van der Waals surface area contributed by atoms with E-state index in [1.807, 2.05) is 0 Å². The molecule has 0 aliphatic heterocycles. The minimum absolute atomic E-state index is 0.150. The molecule has 0 radical (unpaired) electrons. The number of aliphatic hydroxyl groups is 1. The summed E-state index contributed by atoms with van der Waals surface area (Å²) in [6.07, 6.45) is 0.275. The Morgan fingerprint density at radius 3 is 2.55 bits per heavy atom. The van der Waals surface area contributed by atoms with Crippen molar-refractivity contribution in [3.05, 3.63) is 47.7 Å². The number of halogens is 2. The molecule has 1 aromatic carbocycles. The summed E-state index contributed by atoms with van der Waals surface area (Å²) in [5.41, 5.74) is -0.150. The molecule has 1 atom stereocenters. The molecule has 5 heteroatoms. The monoisotopic (exact) mass is 281 g/mol. The van der Waals surface area contributed by atoms with E-state index in [1.54, 1.807) is 19.1 Å². The SMILES string of the molecule is CC(O)CCNCc1ccc(-c2c(F)cccc2F)o1. The van der Waals surface area contributed by atoms with Gasteiger partial charge in [0.2, 0.25) is 0 Å². The molecule has 0 amide bonds. The van der Waals surface area contributed by atoms with Gasteiger partial charge < -0.3 is 14.8 Å². The topological polar surface area (TPSA) is 45.4 Å². The molecule has 20 heavy (non-hydrogen) atoms. The molecular weight excluding hydrogens is 264 g/mol. The van der Waals surface area contributed by atoms with E-state index in [0.717, 1.165) is 0 Å². The average Bonchev–Trinajstić information content (AvgIpc) is 2.83. The maximum absolute atomic E-state index is 13.6. The molecule has 1 aromatic heterocycles. The molecule has 0 spiro atoms. The van der Waals surface area contributed by atoms with E-state index in [0.29, 0.717) is 25.3 Å². The fourth-order valence-electron chi connectivity index (χ4n) is 1.86. The van der Waals surface area contributed by atoms with Gasteiger partial charge in [-0.3, -0.25) is 0 Å². The Morgan fingerprint density at radius 2 is 1.90 bits per heavy atom. The van der Waals surface area contributed by atoms with Crippen molar-refractivity contribution in [2.75, 3.05) is 6.54 Å². The molecule has 0 bridgehead atoms. The standard InChI is InChI=1S/C15H17F2NO2/c1-10(19)7-8-18-9-11-5-6-14(20-11)15-12(16)3-2-4-13(15)17/h2-6,10,18-19H,7-9H2,1H3. The summed E-state index contributed by atoms with van der Waals surface area (Å²) in [6, 6.07) is 6.93. The minimum atomic E-state index is -0.645. The van der Waals surface area contributed by atoms with Crippen molar-refractivity contribution in [3.63, 3.8) is 0 Å². The van der Waals surface area contributed by atoms with E-state index in [9.17, 15) is 8.78 Å². The number of aliphatic hydroxyl groups excluding tert-OH is 1. The molecule has 0 aliphatic carbocycles. The van der Waals surface area contributed by atoms with Crippen LogP contribution >= 0.6 is 0 Å². The number of hydrogen-bond acceptors (Lipinski definition) is 3. The molecule has 1 unspecified atom stereocenters. The number of hydrogen-bond donors (Lipinski definition) is 2. The third kappa shape index (κ3) is 3.65. The van der Waals surface area contributed by atoms with Crippen LogP contribution in [0.4, 0.5) is 8.78 Å². The second-order valence-electron chi connectivity index (χ2n) is 4.68. The summed E-state index contributed by atoms with van der Waals surface area (Å²) >= 11 is 0. The Bertz CT molecular complexity index is 547. The van der Waals surface area contributed by atoms with Crippen molar-refractivity contribution in [2.45, 2.75) is 26.0 Å². The molecule has 0 saturated heterocycles. The first-order valence-corrected chi connectivity index (χ1v) is 6.50. The summed E-state index contributed by atoms with van der Waals surface area (Å²) in [7, 11) is 0. The third-order valence-electron chi connectivity index (χ3n) is 2.91. The van der Waals surface area contributed by atoms with Crippen LogP contribution in [-0.4, -0.2) is 17.8 Å². The van der Waals surface area contributed by atoms with Crippen molar-refractivity contribution in [1.82, 2.24) is 5.32 Å². The van der Waals surface area contributed by atoms with Crippen LogP contribution in [0.1, 0.15) is 19.1 Å². The third-order valence-corrected chi connectivity index (χ3v) is 2.91. The van der Waals surface area contributed by atoms with Crippen LogP contribution in [0, 0.1) is 11.6 Å². The zero-order valence-corrected chi connectivity index (χ0v) is 11.2. The van der Waals surface area contributed by atoms with Crippen molar-refractivity contribution in [3.8, 4) is 11.3 Å². The predicted molar refractivity (Wildman–Crippen MR) is 72.1 cm³/mol. The first-order valence-electron chi connectivity index (χ1n) is 6.50. The zero-order valence-electron chi connectivity index (χ0n) is 11.2. The van der Waals surface area contributed by atoms with E-state index in [-0.39, 0.29) is 17.4 Å². The lowest BCUT2D eigenvalue weighted by Gasteiger charge is -2.05. The van der Waals surface area contributed by atoms with Gasteiger partial charge in [-0.25, -0.2) is 8.78 Å². The molecular formula is C15H17F2NO2. The minimum Gasteiger partial charge on any atom is -0.460 e. The van der Waals surface area contributed by atoms with Crippen molar-refractivity contribution < 1.29 is 18.3 Å². The van der Waals surface area contributed by atoms with Gasteiger partial charge in [-0.05, 0) is 44.2 Å². The van der Waals surface area contributed by atoms with Gasteiger partial charge in [-0.2, -0.15) is 0 Å². The lowest BCUT2D eigenvalue weighted by atomic mass is 10.1. The van der Waals surface area contributed by atoms with Crippen LogP contribution in [0.25, 0.3) is 11.3 Å². The highest BCUT2D eigenvalue weighted by Gasteiger charge is 2.14. The van der Waals surface area contributed by atoms with E-state index in [4.69, 9.17) is 9.52 Å². The Kier molecular flexibility index (Phi) is 4.87. The molecule has 0 aliphatic rings.